The molecule has 20 heavy (non-hydrogen) atoms. The van der Waals surface area contributed by atoms with E-state index in [9.17, 15) is 9.90 Å². The van der Waals surface area contributed by atoms with Crippen LogP contribution in [0.5, 0.6) is 0 Å². The van der Waals surface area contributed by atoms with Crippen molar-refractivity contribution in [1.29, 1.82) is 0 Å². The molecule has 102 valence electrons. The van der Waals surface area contributed by atoms with Crippen molar-refractivity contribution in [3.05, 3.63) is 48.2 Å². The summed E-state index contributed by atoms with van der Waals surface area (Å²) in [6.07, 6.45) is 1.68. The van der Waals surface area contributed by atoms with Gasteiger partial charge >= 0.3 is 0 Å². The van der Waals surface area contributed by atoms with Crippen molar-refractivity contribution < 1.29 is 9.90 Å². The lowest BCUT2D eigenvalue weighted by Gasteiger charge is -2.22. The number of carbonyl (C=O) groups is 1. The summed E-state index contributed by atoms with van der Waals surface area (Å²) >= 11 is 0. The lowest BCUT2D eigenvalue weighted by Crippen LogP contribution is -2.36. The summed E-state index contributed by atoms with van der Waals surface area (Å²) in [5, 5.41) is 9.24. The van der Waals surface area contributed by atoms with E-state index in [2.05, 4.69) is 4.98 Å². The SMILES string of the molecule is C[C@@H]1C(=O)N(CCO)c2ncccc2-c2ccccc21. The number of pyridine rings is 1. The van der Waals surface area contributed by atoms with E-state index in [1.807, 2.05) is 43.3 Å². The number of aromatic nitrogens is 1. The van der Waals surface area contributed by atoms with Crippen molar-refractivity contribution in [3.63, 3.8) is 0 Å². The van der Waals surface area contributed by atoms with Gasteiger partial charge in [-0.25, -0.2) is 4.98 Å². The van der Waals surface area contributed by atoms with Crippen LogP contribution in [-0.4, -0.2) is 29.1 Å². The molecule has 4 nitrogen and oxygen atoms in total. The van der Waals surface area contributed by atoms with E-state index in [0.29, 0.717) is 5.82 Å². The zero-order valence-electron chi connectivity index (χ0n) is 11.3. The number of carbonyl (C=O) groups excluding carboxylic acids is 1. The number of hydrogen-bond donors (Lipinski definition) is 1. The maximum atomic E-state index is 12.6. The van der Waals surface area contributed by atoms with Crippen LogP contribution in [0, 0.1) is 0 Å². The lowest BCUT2D eigenvalue weighted by molar-refractivity contribution is -0.119. The first-order chi connectivity index (χ1) is 9.74. The quantitative estimate of drug-likeness (QED) is 0.908. The second-order valence-corrected chi connectivity index (χ2v) is 4.90. The summed E-state index contributed by atoms with van der Waals surface area (Å²) in [6, 6.07) is 11.7. The van der Waals surface area contributed by atoms with Crippen molar-refractivity contribution in [3.8, 4) is 11.1 Å². The topological polar surface area (TPSA) is 53.4 Å². The van der Waals surface area contributed by atoms with Crippen LogP contribution in [0.3, 0.4) is 0 Å². The first-order valence-corrected chi connectivity index (χ1v) is 6.70. The maximum Gasteiger partial charge on any atom is 0.235 e. The molecule has 1 aliphatic rings. The smallest absolute Gasteiger partial charge is 0.235 e. The highest BCUT2D eigenvalue weighted by Gasteiger charge is 2.31. The number of aliphatic hydroxyl groups excluding tert-OH is 1. The zero-order valence-corrected chi connectivity index (χ0v) is 11.3. The van der Waals surface area contributed by atoms with Gasteiger partial charge in [-0.05, 0) is 30.2 Å². The van der Waals surface area contributed by atoms with Crippen molar-refractivity contribution >= 4 is 11.7 Å². The monoisotopic (exact) mass is 268 g/mol. The Morgan fingerprint density at radius 1 is 1.20 bits per heavy atom. The number of nitrogens with zero attached hydrogens (tertiary/aromatic N) is 2. The highest BCUT2D eigenvalue weighted by Crippen LogP contribution is 2.39. The Hall–Kier alpha value is -2.20. The third-order valence-corrected chi connectivity index (χ3v) is 3.72. The van der Waals surface area contributed by atoms with E-state index in [4.69, 9.17) is 0 Å². The molecule has 3 rings (SSSR count). The fourth-order valence-electron chi connectivity index (χ4n) is 2.73. The Labute approximate surface area is 117 Å². The highest BCUT2D eigenvalue weighted by molar-refractivity contribution is 6.03. The number of aliphatic hydroxyl groups is 1. The molecule has 0 saturated carbocycles. The van der Waals surface area contributed by atoms with Crippen LogP contribution in [-0.2, 0) is 4.79 Å². The van der Waals surface area contributed by atoms with Gasteiger partial charge < -0.3 is 5.11 Å². The summed E-state index contributed by atoms with van der Waals surface area (Å²) in [4.78, 5) is 18.6. The van der Waals surface area contributed by atoms with Crippen molar-refractivity contribution in [1.82, 2.24) is 4.98 Å². The lowest BCUT2D eigenvalue weighted by atomic mass is 9.93. The van der Waals surface area contributed by atoms with E-state index in [1.165, 1.54) is 0 Å². The van der Waals surface area contributed by atoms with E-state index in [1.54, 1.807) is 11.1 Å². The third-order valence-electron chi connectivity index (χ3n) is 3.72. The van der Waals surface area contributed by atoms with Gasteiger partial charge in [0.2, 0.25) is 5.91 Å². The Morgan fingerprint density at radius 2 is 1.95 bits per heavy atom. The summed E-state index contributed by atoms with van der Waals surface area (Å²) in [5.41, 5.74) is 2.98. The number of fused-ring (bicyclic) bond motifs is 3. The average Bonchev–Trinajstić information content (AvgIpc) is 2.58. The number of hydrogen-bond acceptors (Lipinski definition) is 3. The van der Waals surface area contributed by atoms with Crippen LogP contribution in [0.1, 0.15) is 18.4 Å². The summed E-state index contributed by atoms with van der Waals surface area (Å²) < 4.78 is 0. The normalized spacial score (nSPS) is 17.4. The Morgan fingerprint density at radius 3 is 2.75 bits per heavy atom. The predicted molar refractivity (Wildman–Crippen MR) is 77.5 cm³/mol. The van der Waals surface area contributed by atoms with Gasteiger partial charge in [0, 0.05) is 11.8 Å². The Bertz CT molecular complexity index is 654. The molecule has 1 atom stereocenters. The molecular weight excluding hydrogens is 252 g/mol. The molecule has 1 aromatic carbocycles. The summed E-state index contributed by atoms with van der Waals surface area (Å²) in [5.74, 6) is 0.360. The third kappa shape index (κ3) is 1.89. The minimum Gasteiger partial charge on any atom is -0.395 e. The van der Waals surface area contributed by atoms with Crippen molar-refractivity contribution in [2.24, 2.45) is 0 Å². The van der Waals surface area contributed by atoms with Crippen LogP contribution in [0.15, 0.2) is 42.6 Å². The Kier molecular flexibility index (Phi) is 3.24. The Balaban J connectivity index is 2.28. The summed E-state index contributed by atoms with van der Waals surface area (Å²) in [7, 11) is 0. The molecule has 1 amide bonds. The van der Waals surface area contributed by atoms with Crippen LogP contribution in [0.25, 0.3) is 11.1 Å². The molecule has 0 radical (unpaired) electrons. The number of β-amino-alcohol motifs (C(OH)–C–C–N with tert-alkyl or cyclic N) is 1. The fourth-order valence-corrected chi connectivity index (χ4v) is 2.73. The van der Waals surface area contributed by atoms with E-state index >= 15 is 0 Å². The largest absolute Gasteiger partial charge is 0.395 e. The molecule has 1 aromatic heterocycles. The molecule has 1 N–H and O–H groups in total. The molecule has 0 bridgehead atoms. The van der Waals surface area contributed by atoms with E-state index in [0.717, 1.165) is 16.7 Å². The molecule has 0 spiro atoms. The average molecular weight is 268 g/mol. The van der Waals surface area contributed by atoms with Crippen molar-refractivity contribution in [2.45, 2.75) is 12.8 Å². The van der Waals surface area contributed by atoms with Gasteiger partial charge in [-0.2, -0.15) is 0 Å². The molecule has 4 heteroatoms. The van der Waals surface area contributed by atoms with Gasteiger partial charge in [0.1, 0.15) is 5.82 Å². The molecule has 0 fully saturated rings. The molecule has 2 aromatic rings. The van der Waals surface area contributed by atoms with Gasteiger partial charge in [0.05, 0.1) is 19.1 Å². The first kappa shape index (κ1) is 12.8. The minimum atomic E-state index is -0.244. The van der Waals surface area contributed by atoms with Crippen LogP contribution in [0.2, 0.25) is 0 Å². The van der Waals surface area contributed by atoms with Gasteiger partial charge in [0.15, 0.2) is 0 Å². The van der Waals surface area contributed by atoms with Crippen LogP contribution < -0.4 is 4.90 Å². The number of amides is 1. The first-order valence-electron chi connectivity index (χ1n) is 6.70. The molecule has 0 aliphatic carbocycles. The van der Waals surface area contributed by atoms with Gasteiger partial charge in [-0.15, -0.1) is 0 Å². The van der Waals surface area contributed by atoms with E-state index < -0.39 is 0 Å². The number of anilines is 1. The number of benzene rings is 1. The van der Waals surface area contributed by atoms with Gasteiger partial charge in [-0.1, -0.05) is 24.3 Å². The molecule has 0 saturated heterocycles. The second kappa shape index (κ2) is 5.06. The van der Waals surface area contributed by atoms with Gasteiger partial charge in [0.25, 0.3) is 0 Å². The molecule has 0 unspecified atom stereocenters. The van der Waals surface area contributed by atoms with Gasteiger partial charge in [-0.3, -0.25) is 9.69 Å². The number of rotatable bonds is 2. The standard InChI is InChI=1S/C16H16N2O2/c1-11-12-5-2-3-6-13(12)14-7-4-8-17-15(14)18(9-10-19)16(11)20/h2-8,11,19H,9-10H2,1H3/t11-/m0/s1. The predicted octanol–water partition coefficient (Wildman–Crippen LogP) is 2.19. The highest BCUT2D eigenvalue weighted by atomic mass is 16.3. The minimum absolute atomic E-state index is 0.0241. The van der Waals surface area contributed by atoms with Crippen molar-refractivity contribution in [2.75, 3.05) is 18.1 Å². The van der Waals surface area contributed by atoms with Crippen LogP contribution in [0.4, 0.5) is 5.82 Å². The fraction of sp³-hybridized carbons (Fsp3) is 0.250. The van der Waals surface area contributed by atoms with Crippen LogP contribution >= 0.6 is 0 Å². The molecule has 1 aliphatic heterocycles. The zero-order chi connectivity index (χ0) is 14.1. The molecule has 2 heterocycles. The second-order valence-electron chi connectivity index (χ2n) is 4.90. The van der Waals surface area contributed by atoms with E-state index in [-0.39, 0.29) is 25.0 Å². The summed E-state index contributed by atoms with van der Waals surface area (Å²) in [6.45, 7) is 2.09. The molecular formula is C16H16N2O2. The maximum absolute atomic E-state index is 12.6.